The number of nitrogens with one attached hydrogen (secondary N) is 2. The van der Waals surface area contributed by atoms with Crippen LogP contribution in [0.2, 0.25) is 0 Å². The number of carbonyl (C=O) groups excluding carboxylic acids is 1. The van der Waals surface area contributed by atoms with E-state index in [4.69, 9.17) is 0 Å². The third-order valence-corrected chi connectivity index (χ3v) is 2.96. The number of hydrogen-bond donors (Lipinski definition) is 2. The van der Waals surface area contributed by atoms with Gasteiger partial charge in [-0.2, -0.15) is 0 Å². The number of carbonyl (C=O) groups is 1. The second-order valence-electron chi connectivity index (χ2n) is 4.85. The highest BCUT2D eigenvalue weighted by atomic mass is 16.1. The molecule has 2 rings (SSSR count). The van der Waals surface area contributed by atoms with Crippen LogP contribution < -0.4 is 15.5 Å². The second-order valence-corrected chi connectivity index (χ2v) is 4.85. The first-order valence-corrected chi connectivity index (χ1v) is 6.85. The van der Waals surface area contributed by atoms with Crippen molar-refractivity contribution in [3.05, 3.63) is 55.0 Å². The molecule has 0 saturated heterocycles. The van der Waals surface area contributed by atoms with Crippen molar-refractivity contribution in [1.29, 1.82) is 0 Å². The predicted octanol–water partition coefficient (Wildman–Crippen LogP) is 2.20. The van der Waals surface area contributed by atoms with Crippen molar-refractivity contribution in [1.82, 2.24) is 15.3 Å². The zero-order valence-electron chi connectivity index (χ0n) is 12.7. The van der Waals surface area contributed by atoms with Gasteiger partial charge < -0.3 is 15.5 Å². The monoisotopic (exact) mass is 297 g/mol. The van der Waals surface area contributed by atoms with Crippen molar-refractivity contribution in [3.8, 4) is 0 Å². The molecule has 0 fully saturated rings. The van der Waals surface area contributed by atoms with E-state index in [0.29, 0.717) is 18.1 Å². The maximum absolute atomic E-state index is 11.8. The quantitative estimate of drug-likeness (QED) is 0.800. The molecule has 2 N–H and O–H groups in total. The van der Waals surface area contributed by atoms with E-state index >= 15 is 0 Å². The predicted molar refractivity (Wildman–Crippen MR) is 88.6 cm³/mol. The molecular formula is C16H19N5O. The van der Waals surface area contributed by atoms with E-state index in [-0.39, 0.29) is 5.91 Å². The lowest BCUT2D eigenvalue weighted by atomic mass is 10.2. The fourth-order valence-electron chi connectivity index (χ4n) is 1.80. The van der Waals surface area contributed by atoms with Gasteiger partial charge in [0.05, 0.1) is 0 Å². The zero-order valence-corrected chi connectivity index (χ0v) is 12.7. The van der Waals surface area contributed by atoms with E-state index in [9.17, 15) is 4.79 Å². The summed E-state index contributed by atoms with van der Waals surface area (Å²) in [6.07, 6.45) is 2.98. The molecule has 1 aromatic carbocycles. The third-order valence-electron chi connectivity index (χ3n) is 2.96. The van der Waals surface area contributed by atoms with Crippen LogP contribution in [-0.2, 0) is 0 Å². The van der Waals surface area contributed by atoms with E-state index in [1.54, 1.807) is 12.1 Å². The molecule has 0 saturated carbocycles. The van der Waals surface area contributed by atoms with Crippen molar-refractivity contribution >= 4 is 23.1 Å². The molecule has 1 aromatic heterocycles. The SMILES string of the molecule is C=CCNC(=O)c1cc(Nc2ccc(N(C)C)cc2)ncn1. The minimum Gasteiger partial charge on any atom is -0.378 e. The molecule has 114 valence electrons. The molecule has 1 amide bonds. The summed E-state index contributed by atoms with van der Waals surface area (Å²) in [6, 6.07) is 9.52. The Morgan fingerprint density at radius 1 is 1.27 bits per heavy atom. The van der Waals surface area contributed by atoms with Gasteiger partial charge in [-0.3, -0.25) is 4.79 Å². The van der Waals surface area contributed by atoms with Crippen molar-refractivity contribution in [2.24, 2.45) is 0 Å². The first kappa shape index (κ1) is 15.5. The Balaban J connectivity index is 2.09. The number of anilines is 3. The Hall–Kier alpha value is -2.89. The molecule has 0 aliphatic carbocycles. The summed E-state index contributed by atoms with van der Waals surface area (Å²) in [5.41, 5.74) is 2.31. The maximum Gasteiger partial charge on any atom is 0.270 e. The Morgan fingerprint density at radius 2 is 2.00 bits per heavy atom. The van der Waals surface area contributed by atoms with Crippen LogP contribution in [0.1, 0.15) is 10.5 Å². The summed E-state index contributed by atoms with van der Waals surface area (Å²) < 4.78 is 0. The summed E-state index contributed by atoms with van der Waals surface area (Å²) in [5.74, 6) is 0.310. The van der Waals surface area contributed by atoms with Crippen LogP contribution in [-0.4, -0.2) is 36.5 Å². The molecule has 22 heavy (non-hydrogen) atoms. The first-order chi connectivity index (χ1) is 10.6. The molecule has 0 spiro atoms. The molecule has 6 heteroatoms. The van der Waals surface area contributed by atoms with Crippen LogP contribution in [0.4, 0.5) is 17.2 Å². The molecule has 0 aliphatic rings. The molecule has 1 heterocycles. The minimum absolute atomic E-state index is 0.256. The topological polar surface area (TPSA) is 70.2 Å². The summed E-state index contributed by atoms with van der Waals surface area (Å²) >= 11 is 0. The van der Waals surface area contributed by atoms with E-state index in [0.717, 1.165) is 11.4 Å². The van der Waals surface area contributed by atoms with Crippen LogP contribution in [0, 0.1) is 0 Å². The average Bonchev–Trinajstić information content (AvgIpc) is 2.53. The summed E-state index contributed by atoms with van der Waals surface area (Å²) in [7, 11) is 3.97. The van der Waals surface area contributed by atoms with Crippen molar-refractivity contribution in [2.75, 3.05) is 30.9 Å². The van der Waals surface area contributed by atoms with Crippen molar-refractivity contribution in [2.45, 2.75) is 0 Å². The Morgan fingerprint density at radius 3 is 2.64 bits per heavy atom. The standard InChI is InChI=1S/C16H19N5O/c1-4-9-17-16(22)14-10-15(19-11-18-14)20-12-5-7-13(8-6-12)21(2)3/h4-8,10-11H,1,9H2,2-3H3,(H,17,22)(H,18,19,20). The van der Waals surface area contributed by atoms with Gasteiger partial charge in [-0.15, -0.1) is 6.58 Å². The van der Waals surface area contributed by atoms with Gasteiger partial charge in [0.2, 0.25) is 0 Å². The highest BCUT2D eigenvalue weighted by molar-refractivity contribution is 5.93. The van der Waals surface area contributed by atoms with Crippen molar-refractivity contribution < 1.29 is 4.79 Å². The molecule has 2 aromatic rings. The molecule has 6 nitrogen and oxygen atoms in total. The van der Waals surface area contributed by atoms with Gasteiger partial charge in [0.25, 0.3) is 5.91 Å². The molecule has 0 atom stereocenters. The van der Waals surface area contributed by atoms with Gasteiger partial charge >= 0.3 is 0 Å². The number of benzene rings is 1. The van der Waals surface area contributed by atoms with Gasteiger partial charge in [-0.1, -0.05) is 6.08 Å². The Bertz CT molecular complexity index is 652. The Kier molecular flexibility index (Phi) is 5.08. The highest BCUT2D eigenvalue weighted by Crippen LogP contribution is 2.19. The van der Waals surface area contributed by atoms with E-state index < -0.39 is 0 Å². The number of hydrogen-bond acceptors (Lipinski definition) is 5. The summed E-state index contributed by atoms with van der Waals surface area (Å²) in [6.45, 7) is 3.96. The number of amides is 1. The van der Waals surface area contributed by atoms with Crippen LogP contribution in [0.25, 0.3) is 0 Å². The zero-order chi connectivity index (χ0) is 15.9. The second kappa shape index (κ2) is 7.21. The van der Waals surface area contributed by atoms with Crippen LogP contribution in [0.3, 0.4) is 0 Å². The van der Waals surface area contributed by atoms with Gasteiger partial charge in [0.1, 0.15) is 17.8 Å². The normalized spacial score (nSPS) is 9.91. The van der Waals surface area contributed by atoms with Gasteiger partial charge in [-0.25, -0.2) is 9.97 Å². The number of nitrogens with zero attached hydrogens (tertiary/aromatic N) is 3. The van der Waals surface area contributed by atoms with E-state index in [1.165, 1.54) is 6.33 Å². The van der Waals surface area contributed by atoms with Crippen LogP contribution >= 0.6 is 0 Å². The maximum atomic E-state index is 11.8. The fourth-order valence-corrected chi connectivity index (χ4v) is 1.80. The lowest BCUT2D eigenvalue weighted by Gasteiger charge is -2.13. The summed E-state index contributed by atoms with van der Waals surface area (Å²) in [4.78, 5) is 22.0. The average molecular weight is 297 g/mol. The summed E-state index contributed by atoms with van der Waals surface area (Å²) in [5, 5.41) is 5.83. The lowest BCUT2D eigenvalue weighted by molar-refractivity contribution is 0.0953. The van der Waals surface area contributed by atoms with Gasteiger partial charge in [0, 0.05) is 38.1 Å². The Labute approximate surface area is 129 Å². The van der Waals surface area contributed by atoms with Gasteiger partial charge in [-0.05, 0) is 24.3 Å². The largest absolute Gasteiger partial charge is 0.378 e. The van der Waals surface area contributed by atoms with Crippen LogP contribution in [0.5, 0.6) is 0 Å². The molecule has 0 bridgehead atoms. The number of aromatic nitrogens is 2. The molecule has 0 radical (unpaired) electrons. The van der Waals surface area contributed by atoms with E-state index in [1.807, 2.05) is 43.3 Å². The lowest BCUT2D eigenvalue weighted by Crippen LogP contribution is -2.24. The van der Waals surface area contributed by atoms with Gasteiger partial charge in [0.15, 0.2) is 0 Å². The highest BCUT2D eigenvalue weighted by Gasteiger charge is 2.07. The van der Waals surface area contributed by atoms with Crippen molar-refractivity contribution in [3.63, 3.8) is 0 Å². The third kappa shape index (κ3) is 4.05. The number of rotatable bonds is 6. The first-order valence-electron chi connectivity index (χ1n) is 6.85. The van der Waals surface area contributed by atoms with Crippen LogP contribution in [0.15, 0.2) is 49.3 Å². The fraction of sp³-hybridized carbons (Fsp3) is 0.188. The molecule has 0 unspecified atom stereocenters. The van der Waals surface area contributed by atoms with E-state index in [2.05, 4.69) is 27.2 Å². The molecular weight excluding hydrogens is 278 g/mol. The minimum atomic E-state index is -0.256. The smallest absolute Gasteiger partial charge is 0.270 e. The molecule has 0 aliphatic heterocycles.